The van der Waals surface area contributed by atoms with Gasteiger partial charge in [-0.15, -0.1) is 0 Å². The summed E-state index contributed by atoms with van der Waals surface area (Å²) in [5, 5.41) is 9.74. The maximum Gasteiger partial charge on any atom is 0.431 e. The van der Waals surface area contributed by atoms with Crippen molar-refractivity contribution in [1.29, 1.82) is 0 Å². The average molecular weight is 442 g/mol. The number of aliphatic hydroxyl groups is 1. The molecule has 0 aliphatic carbocycles. The number of benzene rings is 1. The minimum atomic E-state index is -4.42. The summed E-state index contributed by atoms with van der Waals surface area (Å²) < 4.78 is 60.7. The Hall–Kier alpha value is -2.92. The van der Waals surface area contributed by atoms with Crippen LogP contribution in [0.3, 0.4) is 0 Å². The fraction of sp³-hybridized carbons (Fsp3) is 0.400. The first-order valence-electron chi connectivity index (χ1n) is 9.34. The number of fused-ring (bicyclic) bond motifs is 2. The van der Waals surface area contributed by atoms with Gasteiger partial charge in [-0.3, -0.25) is 0 Å². The molecule has 4 rings (SSSR count). The Bertz CT molecular complexity index is 1050. The van der Waals surface area contributed by atoms with Gasteiger partial charge in [0.15, 0.2) is 0 Å². The number of rotatable bonds is 3. The fourth-order valence-electron chi connectivity index (χ4n) is 2.86. The molecule has 0 bridgehead atoms. The number of H-pyrrole nitrogens is 1. The Kier molecular flexibility index (Phi) is 6.37. The Morgan fingerprint density at radius 2 is 2.00 bits per heavy atom. The topological polar surface area (TPSA) is 106 Å². The molecule has 1 atom stereocenters. The van der Waals surface area contributed by atoms with Crippen molar-refractivity contribution < 1.29 is 32.1 Å². The van der Waals surface area contributed by atoms with Crippen LogP contribution in [0.15, 0.2) is 30.6 Å². The van der Waals surface area contributed by atoms with Crippen molar-refractivity contribution in [3.8, 4) is 5.75 Å². The monoisotopic (exact) mass is 442 g/mol. The summed E-state index contributed by atoms with van der Waals surface area (Å²) in [4.78, 5) is 9.33. The lowest BCUT2D eigenvalue weighted by atomic mass is 10.0. The maximum absolute atomic E-state index is 13.0. The molecule has 0 radical (unpaired) electrons. The quantitative estimate of drug-likeness (QED) is 0.537. The van der Waals surface area contributed by atoms with Crippen LogP contribution in [0.5, 0.6) is 5.75 Å². The number of alkyl halides is 3. The molecule has 168 valence electrons. The predicted octanol–water partition coefficient (Wildman–Crippen LogP) is 3.48. The Morgan fingerprint density at radius 1 is 1.26 bits per heavy atom. The number of aromatic amines is 1. The number of hydrogen-bond acceptors (Lipinski definition) is 6. The lowest BCUT2D eigenvalue weighted by Gasteiger charge is -2.28. The van der Waals surface area contributed by atoms with E-state index in [4.69, 9.17) is 15.2 Å². The van der Waals surface area contributed by atoms with Crippen molar-refractivity contribution in [3.05, 3.63) is 47.7 Å². The SMILES string of the molecule is CC(C)(O)COC1COc2cc(F)ccc2C1.Nc1ncnc2[nH]c(C(F)(F)F)cc12. The van der Waals surface area contributed by atoms with Crippen LogP contribution in [-0.2, 0) is 17.3 Å². The maximum atomic E-state index is 13.0. The van der Waals surface area contributed by atoms with Gasteiger partial charge in [0, 0.05) is 12.5 Å². The number of nitrogens with two attached hydrogens (primary N) is 1. The van der Waals surface area contributed by atoms with E-state index in [-0.39, 0.29) is 35.4 Å². The molecule has 1 aromatic carbocycles. The molecule has 3 heterocycles. The Balaban J connectivity index is 0.000000179. The minimum absolute atomic E-state index is 0.0294. The van der Waals surface area contributed by atoms with Gasteiger partial charge in [-0.25, -0.2) is 14.4 Å². The molecule has 0 saturated heterocycles. The van der Waals surface area contributed by atoms with E-state index in [1.165, 1.54) is 12.1 Å². The number of hydrogen-bond donors (Lipinski definition) is 3. The molecule has 3 aromatic rings. The summed E-state index contributed by atoms with van der Waals surface area (Å²) in [5.41, 5.74) is 4.69. The van der Waals surface area contributed by atoms with Crippen molar-refractivity contribution in [2.24, 2.45) is 0 Å². The van der Waals surface area contributed by atoms with E-state index in [1.54, 1.807) is 19.9 Å². The van der Waals surface area contributed by atoms with Crippen molar-refractivity contribution in [1.82, 2.24) is 15.0 Å². The molecule has 4 N–H and O–H groups in total. The highest BCUT2D eigenvalue weighted by Gasteiger charge is 2.33. The second-order valence-corrected chi connectivity index (χ2v) is 7.71. The van der Waals surface area contributed by atoms with Crippen LogP contribution in [0.1, 0.15) is 25.1 Å². The van der Waals surface area contributed by atoms with Gasteiger partial charge in [0.05, 0.1) is 23.7 Å². The first-order valence-corrected chi connectivity index (χ1v) is 9.34. The molecule has 1 unspecified atom stereocenters. The zero-order valence-corrected chi connectivity index (χ0v) is 16.8. The van der Waals surface area contributed by atoms with Gasteiger partial charge in [-0.1, -0.05) is 6.07 Å². The molecule has 0 fully saturated rings. The van der Waals surface area contributed by atoms with Crippen LogP contribution in [0.25, 0.3) is 11.0 Å². The number of aromatic nitrogens is 3. The molecule has 1 aliphatic heterocycles. The summed E-state index contributed by atoms with van der Waals surface area (Å²) >= 11 is 0. The van der Waals surface area contributed by atoms with Crippen molar-refractivity contribution in [2.75, 3.05) is 18.9 Å². The van der Waals surface area contributed by atoms with Crippen LogP contribution in [0.4, 0.5) is 23.4 Å². The first-order chi connectivity index (χ1) is 14.4. The average Bonchev–Trinajstić information content (AvgIpc) is 3.13. The molecule has 0 spiro atoms. The highest BCUT2D eigenvalue weighted by molar-refractivity contribution is 5.86. The van der Waals surface area contributed by atoms with Crippen molar-refractivity contribution in [3.63, 3.8) is 0 Å². The van der Waals surface area contributed by atoms with Gasteiger partial charge in [0.25, 0.3) is 0 Å². The molecule has 1 aliphatic rings. The van der Waals surface area contributed by atoms with E-state index in [1.807, 2.05) is 0 Å². The Morgan fingerprint density at radius 3 is 2.65 bits per heavy atom. The van der Waals surface area contributed by atoms with Gasteiger partial charge < -0.3 is 25.3 Å². The second kappa shape index (κ2) is 8.67. The Labute approximate surface area is 175 Å². The number of nitrogen functional groups attached to an aromatic ring is 1. The van der Waals surface area contributed by atoms with E-state index in [9.17, 15) is 22.7 Å². The number of nitrogens with zero attached hydrogens (tertiary/aromatic N) is 2. The van der Waals surface area contributed by atoms with Crippen molar-refractivity contribution in [2.45, 2.75) is 38.1 Å². The van der Waals surface area contributed by atoms with Gasteiger partial charge in [-0.05, 0) is 31.5 Å². The molecule has 31 heavy (non-hydrogen) atoms. The highest BCUT2D eigenvalue weighted by Crippen LogP contribution is 2.31. The first kappa shape index (κ1) is 22.8. The van der Waals surface area contributed by atoms with Gasteiger partial charge in [0.1, 0.15) is 41.7 Å². The summed E-state index contributed by atoms with van der Waals surface area (Å²) in [6.07, 6.45) is -2.72. The normalized spacial score (nSPS) is 16.3. The summed E-state index contributed by atoms with van der Waals surface area (Å²) in [6.45, 7) is 4.05. The number of halogens is 4. The van der Waals surface area contributed by atoms with Crippen LogP contribution in [0, 0.1) is 5.82 Å². The van der Waals surface area contributed by atoms with Crippen LogP contribution >= 0.6 is 0 Å². The molecule has 7 nitrogen and oxygen atoms in total. The molecule has 2 aromatic heterocycles. The number of nitrogens with one attached hydrogen (secondary N) is 1. The predicted molar refractivity (Wildman–Crippen MR) is 105 cm³/mol. The van der Waals surface area contributed by atoms with E-state index >= 15 is 0 Å². The van der Waals surface area contributed by atoms with Gasteiger partial charge in [-0.2, -0.15) is 13.2 Å². The lowest BCUT2D eigenvalue weighted by molar-refractivity contribution is -0.140. The third-order valence-corrected chi connectivity index (χ3v) is 4.34. The van der Waals surface area contributed by atoms with E-state index < -0.39 is 17.5 Å². The third kappa shape index (κ3) is 6.05. The number of anilines is 1. The third-order valence-electron chi connectivity index (χ3n) is 4.34. The zero-order chi connectivity index (χ0) is 22.8. The van der Waals surface area contributed by atoms with Gasteiger partial charge in [0.2, 0.25) is 0 Å². The summed E-state index contributed by atoms with van der Waals surface area (Å²) in [7, 11) is 0. The molecule has 0 saturated carbocycles. The van der Waals surface area contributed by atoms with Crippen LogP contribution in [-0.4, -0.2) is 45.0 Å². The molecule has 0 amide bonds. The van der Waals surface area contributed by atoms with Crippen LogP contribution < -0.4 is 10.5 Å². The second-order valence-electron chi connectivity index (χ2n) is 7.71. The van der Waals surface area contributed by atoms with Crippen molar-refractivity contribution >= 4 is 16.9 Å². The van der Waals surface area contributed by atoms with Crippen LogP contribution in [0.2, 0.25) is 0 Å². The largest absolute Gasteiger partial charge is 0.490 e. The minimum Gasteiger partial charge on any atom is -0.490 e. The fourth-order valence-corrected chi connectivity index (χ4v) is 2.86. The van der Waals surface area contributed by atoms with E-state index in [0.29, 0.717) is 18.8 Å². The highest BCUT2D eigenvalue weighted by atomic mass is 19.4. The smallest absolute Gasteiger partial charge is 0.431 e. The zero-order valence-electron chi connectivity index (χ0n) is 16.8. The summed E-state index contributed by atoms with van der Waals surface area (Å²) in [6, 6.07) is 5.41. The van der Waals surface area contributed by atoms with Gasteiger partial charge >= 0.3 is 6.18 Å². The van der Waals surface area contributed by atoms with E-state index in [2.05, 4.69) is 15.0 Å². The molecule has 11 heteroatoms. The number of ether oxygens (including phenoxy) is 2. The molecular formula is C20H22F4N4O3. The summed E-state index contributed by atoms with van der Waals surface area (Å²) in [5.74, 6) is 0.328. The standard InChI is InChI=1S/C13H17FO3.C7H5F3N4/c1-13(2,15)8-17-11-5-9-3-4-10(14)6-12(9)16-7-11;8-7(9,10)4-1-3-5(11)12-2-13-6(3)14-4/h3-4,6,11,15H,5,7-8H2,1-2H3;1-2H,(H3,11,12,13,14). The molecular weight excluding hydrogens is 420 g/mol. The van der Waals surface area contributed by atoms with E-state index in [0.717, 1.165) is 18.0 Å². The lowest BCUT2D eigenvalue weighted by Crippen LogP contribution is -2.35.